The van der Waals surface area contributed by atoms with Crippen LogP contribution < -0.4 is 5.32 Å². The summed E-state index contributed by atoms with van der Waals surface area (Å²) in [5.74, 6) is -0.418. The molecule has 3 heterocycles. The number of alkyl halides is 3. The summed E-state index contributed by atoms with van der Waals surface area (Å²) in [5.41, 5.74) is 2.41. The second-order valence-electron chi connectivity index (χ2n) is 7.72. The van der Waals surface area contributed by atoms with E-state index in [9.17, 15) is 18.0 Å². The number of nitrogens with one attached hydrogen (secondary N) is 2. The van der Waals surface area contributed by atoms with Crippen LogP contribution >= 0.6 is 0 Å². The van der Waals surface area contributed by atoms with Crippen molar-refractivity contribution in [1.29, 1.82) is 0 Å². The number of esters is 1. The number of ether oxygens (including phenoxy) is 1. The first-order chi connectivity index (χ1) is 16.4. The van der Waals surface area contributed by atoms with Gasteiger partial charge in [0.1, 0.15) is 0 Å². The lowest BCUT2D eigenvalue weighted by atomic mass is 9.89. The van der Waals surface area contributed by atoms with Gasteiger partial charge < -0.3 is 15.0 Å². The van der Waals surface area contributed by atoms with Gasteiger partial charge in [0, 0.05) is 29.6 Å². The fraction of sp³-hybridized carbons (Fsp3) is 0.385. The number of H-pyrrole nitrogens is 1. The zero-order valence-electron chi connectivity index (χ0n) is 19.6. The minimum atomic E-state index is -4.47. The van der Waals surface area contributed by atoms with E-state index >= 15 is 0 Å². The number of carbonyl (C=O) groups is 1. The molecular formula is C26H30F3N3O2. The third-order valence-corrected chi connectivity index (χ3v) is 5.70. The van der Waals surface area contributed by atoms with Crippen molar-refractivity contribution >= 4 is 5.97 Å². The van der Waals surface area contributed by atoms with Crippen LogP contribution in [0.15, 0.2) is 48.8 Å². The first kappa shape index (κ1) is 25.5. The topological polar surface area (TPSA) is 67.0 Å². The van der Waals surface area contributed by atoms with Crippen molar-refractivity contribution in [3.63, 3.8) is 0 Å². The van der Waals surface area contributed by atoms with E-state index in [2.05, 4.69) is 15.3 Å². The molecule has 1 saturated heterocycles. The molecule has 0 spiro atoms. The van der Waals surface area contributed by atoms with E-state index in [1.165, 1.54) is 6.07 Å². The Balaban J connectivity index is 0.00000158. The van der Waals surface area contributed by atoms with Gasteiger partial charge in [0.25, 0.3) is 0 Å². The van der Waals surface area contributed by atoms with Gasteiger partial charge in [-0.25, -0.2) is 4.79 Å². The highest BCUT2D eigenvalue weighted by Crippen LogP contribution is 2.42. The molecule has 1 aliphatic rings. The Bertz CT molecular complexity index is 1090. The molecule has 0 atom stereocenters. The number of carbonyl (C=O) groups excluding carboxylic acids is 1. The number of benzene rings is 1. The molecule has 3 aromatic rings. The summed E-state index contributed by atoms with van der Waals surface area (Å²) in [4.78, 5) is 20.5. The summed E-state index contributed by atoms with van der Waals surface area (Å²) in [6.07, 6.45) is 0.339. The molecule has 0 aliphatic carbocycles. The highest BCUT2D eigenvalue weighted by molar-refractivity contribution is 6.03. The average molecular weight is 474 g/mol. The Morgan fingerprint density at radius 3 is 2.38 bits per heavy atom. The maximum Gasteiger partial charge on any atom is 0.416 e. The van der Waals surface area contributed by atoms with Crippen LogP contribution in [-0.4, -0.2) is 35.6 Å². The van der Waals surface area contributed by atoms with Gasteiger partial charge >= 0.3 is 12.1 Å². The Labute approximate surface area is 197 Å². The van der Waals surface area contributed by atoms with Gasteiger partial charge in [-0.1, -0.05) is 26.0 Å². The summed E-state index contributed by atoms with van der Waals surface area (Å²) in [6.45, 7) is 7.53. The molecule has 0 amide bonds. The van der Waals surface area contributed by atoms with Crippen molar-refractivity contribution in [3.8, 4) is 22.4 Å². The van der Waals surface area contributed by atoms with Crippen molar-refractivity contribution in [1.82, 2.24) is 15.3 Å². The van der Waals surface area contributed by atoms with Gasteiger partial charge in [-0.2, -0.15) is 13.2 Å². The molecule has 34 heavy (non-hydrogen) atoms. The van der Waals surface area contributed by atoms with Crippen LogP contribution in [0.5, 0.6) is 0 Å². The van der Waals surface area contributed by atoms with Crippen molar-refractivity contribution in [2.75, 3.05) is 19.7 Å². The SMILES string of the molecule is CC.CCOC(=O)c1c(C2CCNCC2)[nH]c(-c2cccc(C(F)(F)F)c2)c1-c1ccncc1. The number of aromatic amines is 1. The Morgan fingerprint density at radius 2 is 1.76 bits per heavy atom. The fourth-order valence-electron chi connectivity index (χ4n) is 4.23. The lowest BCUT2D eigenvalue weighted by Crippen LogP contribution is -2.27. The zero-order chi connectivity index (χ0) is 24.7. The Morgan fingerprint density at radius 1 is 1.09 bits per heavy atom. The summed E-state index contributed by atoms with van der Waals surface area (Å²) in [5, 5.41) is 3.30. The van der Waals surface area contributed by atoms with E-state index in [0.29, 0.717) is 33.6 Å². The van der Waals surface area contributed by atoms with Gasteiger partial charge in [-0.05, 0) is 68.2 Å². The first-order valence-electron chi connectivity index (χ1n) is 11.6. The van der Waals surface area contributed by atoms with Crippen LogP contribution in [0.1, 0.15) is 61.1 Å². The molecular weight excluding hydrogens is 443 g/mol. The van der Waals surface area contributed by atoms with E-state index in [1.807, 2.05) is 13.8 Å². The third-order valence-electron chi connectivity index (χ3n) is 5.70. The minimum Gasteiger partial charge on any atom is -0.462 e. The average Bonchev–Trinajstić information content (AvgIpc) is 3.27. The number of piperidine rings is 1. The number of nitrogens with zero attached hydrogens (tertiary/aromatic N) is 1. The van der Waals surface area contributed by atoms with Crippen molar-refractivity contribution in [2.24, 2.45) is 0 Å². The van der Waals surface area contributed by atoms with Gasteiger partial charge in [-0.15, -0.1) is 0 Å². The van der Waals surface area contributed by atoms with Crippen LogP contribution in [0, 0.1) is 0 Å². The first-order valence-corrected chi connectivity index (χ1v) is 11.6. The maximum atomic E-state index is 13.4. The largest absolute Gasteiger partial charge is 0.462 e. The van der Waals surface area contributed by atoms with E-state index < -0.39 is 17.7 Å². The molecule has 1 aromatic carbocycles. The molecule has 182 valence electrons. The van der Waals surface area contributed by atoms with E-state index in [0.717, 1.165) is 38.1 Å². The normalized spacial score (nSPS) is 14.3. The van der Waals surface area contributed by atoms with Gasteiger partial charge in [0.05, 0.1) is 23.4 Å². The molecule has 4 rings (SSSR count). The van der Waals surface area contributed by atoms with Gasteiger partial charge in [-0.3, -0.25) is 4.98 Å². The lowest BCUT2D eigenvalue weighted by molar-refractivity contribution is -0.137. The highest BCUT2D eigenvalue weighted by Gasteiger charge is 2.33. The van der Waals surface area contributed by atoms with Crippen LogP contribution in [-0.2, 0) is 10.9 Å². The maximum absolute atomic E-state index is 13.4. The van der Waals surface area contributed by atoms with Crippen LogP contribution in [0.25, 0.3) is 22.4 Å². The quantitative estimate of drug-likeness (QED) is 0.419. The Kier molecular flexibility index (Phi) is 8.50. The summed E-state index contributed by atoms with van der Waals surface area (Å²) in [7, 11) is 0. The molecule has 0 radical (unpaired) electrons. The standard InChI is InChI=1S/C24H24F3N3O2.C2H6/c1-2-32-23(31)20-19(15-6-10-28-11-7-15)22(30-21(20)16-8-12-29-13-9-16)17-4-3-5-18(14-17)24(25,26)27;1-2/h3-7,10-11,14,16,29-30H,2,8-9,12-13H2,1H3;1-2H3. The smallest absolute Gasteiger partial charge is 0.416 e. The molecule has 1 aliphatic heterocycles. The molecule has 0 unspecified atom stereocenters. The van der Waals surface area contributed by atoms with Crippen molar-refractivity contribution < 1.29 is 22.7 Å². The molecule has 0 saturated carbocycles. The van der Waals surface area contributed by atoms with Crippen molar-refractivity contribution in [2.45, 2.75) is 45.7 Å². The number of aromatic nitrogens is 2. The number of hydrogen-bond acceptors (Lipinski definition) is 4. The monoisotopic (exact) mass is 473 g/mol. The molecule has 0 bridgehead atoms. The van der Waals surface area contributed by atoms with Crippen LogP contribution in [0.2, 0.25) is 0 Å². The predicted octanol–water partition coefficient (Wildman–Crippen LogP) is 6.43. The Hall–Kier alpha value is -3.13. The van der Waals surface area contributed by atoms with Gasteiger partial charge in [0.2, 0.25) is 0 Å². The minimum absolute atomic E-state index is 0.0655. The number of pyridine rings is 1. The van der Waals surface area contributed by atoms with Gasteiger partial charge in [0.15, 0.2) is 0 Å². The second kappa shape index (κ2) is 11.3. The zero-order valence-corrected chi connectivity index (χ0v) is 19.6. The number of rotatable bonds is 5. The summed E-state index contributed by atoms with van der Waals surface area (Å²) < 4.78 is 45.6. The van der Waals surface area contributed by atoms with Crippen molar-refractivity contribution in [3.05, 3.63) is 65.6 Å². The fourth-order valence-corrected chi connectivity index (χ4v) is 4.23. The van der Waals surface area contributed by atoms with E-state index in [4.69, 9.17) is 4.74 Å². The van der Waals surface area contributed by atoms with Crippen LogP contribution in [0.3, 0.4) is 0 Å². The molecule has 2 N–H and O–H groups in total. The molecule has 5 nitrogen and oxygen atoms in total. The molecule has 8 heteroatoms. The molecule has 1 fully saturated rings. The summed E-state index contributed by atoms with van der Waals surface area (Å²) in [6, 6.07) is 8.64. The van der Waals surface area contributed by atoms with E-state index in [1.54, 1.807) is 37.5 Å². The lowest BCUT2D eigenvalue weighted by Gasteiger charge is -2.23. The number of hydrogen-bond donors (Lipinski definition) is 2. The molecule has 2 aromatic heterocycles. The third kappa shape index (κ3) is 5.50. The van der Waals surface area contributed by atoms with Crippen LogP contribution in [0.4, 0.5) is 13.2 Å². The second-order valence-corrected chi connectivity index (χ2v) is 7.72. The summed E-state index contributed by atoms with van der Waals surface area (Å²) >= 11 is 0. The van der Waals surface area contributed by atoms with E-state index in [-0.39, 0.29) is 12.5 Å². The number of halogens is 3. The predicted molar refractivity (Wildman–Crippen MR) is 127 cm³/mol. The highest BCUT2D eigenvalue weighted by atomic mass is 19.4.